The molecule has 4 aromatic rings. The van der Waals surface area contributed by atoms with Gasteiger partial charge in [-0.1, -0.05) is 6.07 Å². The normalized spacial score (nSPS) is 11.0. The van der Waals surface area contributed by atoms with Gasteiger partial charge in [-0.2, -0.15) is 10.1 Å². The molecular weight excluding hydrogens is 338 g/mol. The van der Waals surface area contributed by atoms with Gasteiger partial charge in [0.05, 0.1) is 5.52 Å². The maximum atomic E-state index is 4.61. The van der Waals surface area contributed by atoms with Crippen LogP contribution in [0.2, 0.25) is 0 Å². The fraction of sp³-hybridized carbons (Fsp3) is 0.200. The van der Waals surface area contributed by atoms with Gasteiger partial charge in [0.15, 0.2) is 0 Å². The molecule has 0 amide bonds. The lowest BCUT2D eigenvalue weighted by molar-refractivity contribution is 0.751. The summed E-state index contributed by atoms with van der Waals surface area (Å²) in [4.78, 5) is 15.4. The van der Waals surface area contributed by atoms with Crippen LogP contribution in [0.4, 0.5) is 23.3 Å². The molecule has 7 nitrogen and oxygen atoms in total. The molecule has 3 heterocycles. The van der Waals surface area contributed by atoms with Crippen LogP contribution in [0.3, 0.4) is 0 Å². The summed E-state index contributed by atoms with van der Waals surface area (Å²) in [5.74, 6) is 2.01. The van der Waals surface area contributed by atoms with E-state index >= 15 is 0 Å². The number of nitrogens with one attached hydrogen (secondary N) is 1. The summed E-state index contributed by atoms with van der Waals surface area (Å²) in [5, 5.41) is 8.88. The highest BCUT2D eigenvalue weighted by molar-refractivity contribution is 5.85. The third-order valence-electron chi connectivity index (χ3n) is 4.61. The summed E-state index contributed by atoms with van der Waals surface area (Å²) in [6.07, 6.45) is 1.74. The molecule has 1 aromatic carbocycles. The summed E-state index contributed by atoms with van der Waals surface area (Å²) in [5.41, 5.74) is 4.07. The minimum Gasteiger partial charge on any atom is -0.329 e. The number of nitrogens with zero attached hydrogens (tertiary/aromatic N) is 6. The third kappa shape index (κ3) is 3.31. The van der Waals surface area contributed by atoms with Crippen molar-refractivity contribution in [1.29, 1.82) is 0 Å². The molecule has 0 aliphatic heterocycles. The zero-order valence-electron chi connectivity index (χ0n) is 15.8. The predicted octanol–water partition coefficient (Wildman–Crippen LogP) is 3.89. The van der Waals surface area contributed by atoms with Crippen LogP contribution in [0, 0.1) is 13.8 Å². The molecular formula is C20H21N7. The van der Waals surface area contributed by atoms with Crippen molar-refractivity contribution in [2.45, 2.75) is 13.8 Å². The number of pyridine rings is 1. The maximum absolute atomic E-state index is 4.61. The zero-order chi connectivity index (χ0) is 19.0. The molecule has 0 bridgehead atoms. The summed E-state index contributed by atoms with van der Waals surface area (Å²) in [7, 11) is 3.94. The van der Waals surface area contributed by atoms with Crippen molar-refractivity contribution in [3.63, 3.8) is 0 Å². The minimum absolute atomic E-state index is 0.507. The van der Waals surface area contributed by atoms with Crippen molar-refractivity contribution in [2.75, 3.05) is 17.3 Å². The van der Waals surface area contributed by atoms with E-state index in [-0.39, 0.29) is 0 Å². The van der Waals surface area contributed by atoms with Gasteiger partial charge in [-0.25, -0.2) is 9.97 Å². The van der Waals surface area contributed by atoms with Gasteiger partial charge in [0, 0.05) is 42.8 Å². The maximum Gasteiger partial charge on any atom is 0.230 e. The van der Waals surface area contributed by atoms with Crippen LogP contribution in [-0.2, 0) is 7.05 Å². The van der Waals surface area contributed by atoms with E-state index in [0.29, 0.717) is 5.95 Å². The van der Waals surface area contributed by atoms with Gasteiger partial charge in [-0.15, -0.1) is 0 Å². The quantitative estimate of drug-likeness (QED) is 0.596. The molecule has 3 aromatic heterocycles. The molecule has 0 fully saturated rings. The molecule has 4 rings (SSSR count). The van der Waals surface area contributed by atoms with E-state index in [1.807, 2.05) is 54.9 Å². The summed E-state index contributed by atoms with van der Waals surface area (Å²) < 4.78 is 1.90. The first-order valence-electron chi connectivity index (χ1n) is 8.72. The van der Waals surface area contributed by atoms with Gasteiger partial charge in [0.1, 0.15) is 11.6 Å². The van der Waals surface area contributed by atoms with Gasteiger partial charge in [0.25, 0.3) is 0 Å². The lowest BCUT2D eigenvalue weighted by Gasteiger charge is -2.18. The highest BCUT2D eigenvalue weighted by Crippen LogP contribution is 2.27. The van der Waals surface area contributed by atoms with Crippen LogP contribution in [0.25, 0.3) is 10.9 Å². The van der Waals surface area contributed by atoms with Crippen LogP contribution >= 0.6 is 0 Å². The van der Waals surface area contributed by atoms with E-state index in [4.69, 9.17) is 0 Å². The van der Waals surface area contributed by atoms with E-state index in [2.05, 4.69) is 50.5 Å². The number of hydrogen-bond acceptors (Lipinski definition) is 6. The Kier molecular flexibility index (Phi) is 4.19. The fourth-order valence-corrected chi connectivity index (χ4v) is 2.98. The van der Waals surface area contributed by atoms with E-state index in [9.17, 15) is 0 Å². The average Bonchev–Trinajstić information content (AvgIpc) is 2.95. The number of benzene rings is 1. The van der Waals surface area contributed by atoms with Crippen LogP contribution in [0.5, 0.6) is 0 Å². The second kappa shape index (κ2) is 6.68. The molecule has 0 aliphatic rings. The van der Waals surface area contributed by atoms with E-state index in [0.717, 1.165) is 39.6 Å². The monoisotopic (exact) mass is 359 g/mol. The molecule has 7 heteroatoms. The fourth-order valence-electron chi connectivity index (χ4n) is 2.98. The summed E-state index contributed by atoms with van der Waals surface area (Å²) in [6.45, 7) is 4.02. The topological polar surface area (TPSA) is 71.8 Å². The first-order valence-corrected chi connectivity index (χ1v) is 8.72. The molecule has 0 spiro atoms. The Morgan fingerprint density at radius 1 is 1.04 bits per heavy atom. The zero-order valence-corrected chi connectivity index (χ0v) is 15.8. The summed E-state index contributed by atoms with van der Waals surface area (Å²) >= 11 is 0. The van der Waals surface area contributed by atoms with Crippen LogP contribution < -0.4 is 10.2 Å². The Balaban J connectivity index is 1.63. The number of aromatic nitrogens is 5. The van der Waals surface area contributed by atoms with Crippen molar-refractivity contribution in [2.24, 2.45) is 7.05 Å². The molecule has 136 valence electrons. The van der Waals surface area contributed by atoms with Crippen molar-refractivity contribution < 1.29 is 0 Å². The van der Waals surface area contributed by atoms with Crippen molar-refractivity contribution in [1.82, 2.24) is 24.7 Å². The first kappa shape index (κ1) is 17.0. The van der Waals surface area contributed by atoms with Gasteiger partial charge < -0.3 is 10.2 Å². The average molecular weight is 359 g/mol. The molecule has 0 unspecified atom stereocenters. The molecule has 0 saturated heterocycles. The number of fused-ring (bicyclic) bond motifs is 1. The largest absolute Gasteiger partial charge is 0.329 e. The lowest BCUT2D eigenvalue weighted by Crippen LogP contribution is -2.12. The highest BCUT2D eigenvalue weighted by Gasteiger charge is 2.11. The van der Waals surface area contributed by atoms with Crippen molar-refractivity contribution >= 4 is 34.2 Å². The number of anilines is 4. The standard InChI is InChI=1S/C20H21N7/c1-13-6-5-7-18(22-13)23-20-21-11-10-19(24-20)26(3)15-8-9-16-14(2)27(4)25-17(16)12-15/h5-12H,1-4H3,(H,21,22,23,24). The number of aryl methyl sites for hydroxylation is 3. The van der Waals surface area contributed by atoms with E-state index in [1.54, 1.807) is 6.20 Å². The smallest absolute Gasteiger partial charge is 0.230 e. The highest BCUT2D eigenvalue weighted by atomic mass is 15.3. The van der Waals surface area contributed by atoms with Gasteiger partial charge in [-0.05, 0) is 50.2 Å². The van der Waals surface area contributed by atoms with Crippen molar-refractivity contribution in [3.05, 3.63) is 60.0 Å². The molecule has 0 aliphatic carbocycles. The van der Waals surface area contributed by atoms with E-state index in [1.165, 1.54) is 0 Å². The number of rotatable bonds is 4. The molecule has 1 N–H and O–H groups in total. The second-order valence-electron chi connectivity index (χ2n) is 6.50. The van der Waals surface area contributed by atoms with Crippen molar-refractivity contribution in [3.8, 4) is 0 Å². The van der Waals surface area contributed by atoms with Gasteiger partial charge in [0.2, 0.25) is 5.95 Å². The van der Waals surface area contributed by atoms with E-state index < -0.39 is 0 Å². The Labute approximate surface area is 157 Å². The Hall–Kier alpha value is -3.48. The summed E-state index contributed by atoms with van der Waals surface area (Å²) in [6, 6.07) is 13.9. The van der Waals surface area contributed by atoms with Crippen LogP contribution in [0.1, 0.15) is 11.4 Å². The Morgan fingerprint density at radius 2 is 1.89 bits per heavy atom. The number of hydrogen-bond donors (Lipinski definition) is 1. The second-order valence-corrected chi connectivity index (χ2v) is 6.50. The molecule has 0 radical (unpaired) electrons. The SMILES string of the molecule is Cc1cccc(Nc2nccc(N(C)c3ccc4c(C)n(C)nc4c3)n2)n1. The minimum atomic E-state index is 0.507. The van der Waals surface area contributed by atoms with Crippen LogP contribution in [0.15, 0.2) is 48.7 Å². The van der Waals surface area contributed by atoms with Gasteiger partial charge >= 0.3 is 0 Å². The lowest BCUT2D eigenvalue weighted by atomic mass is 10.2. The molecule has 27 heavy (non-hydrogen) atoms. The van der Waals surface area contributed by atoms with Gasteiger partial charge in [-0.3, -0.25) is 4.68 Å². The molecule has 0 saturated carbocycles. The Bertz CT molecular complexity index is 1120. The predicted molar refractivity (Wildman–Crippen MR) is 108 cm³/mol. The Morgan fingerprint density at radius 3 is 2.70 bits per heavy atom. The first-order chi connectivity index (χ1) is 13.0. The molecule has 0 atom stereocenters. The van der Waals surface area contributed by atoms with Crippen LogP contribution in [-0.4, -0.2) is 31.8 Å². The third-order valence-corrected chi connectivity index (χ3v) is 4.61.